The number of hydrogen-bond acceptors (Lipinski definition) is 3. The number of nitrogens with two attached hydrogens (primary N) is 1. The average Bonchev–Trinajstić information content (AvgIpc) is 3.05. The molecule has 4 nitrogen and oxygen atoms in total. The number of nitrogens with zero attached hydrogens (tertiary/aromatic N) is 2. The summed E-state index contributed by atoms with van der Waals surface area (Å²) >= 11 is 0. The third-order valence-electron chi connectivity index (χ3n) is 4.87. The Kier molecular flexibility index (Phi) is 5.31. The quantitative estimate of drug-likeness (QED) is 0.829. The topological polar surface area (TPSA) is 53.1 Å². The highest BCUT2D eigenvalue weighted by molar-refractivity contribution is 5.30. The van der Waals surface area contributed by atoms with Gasteiger partial charge in [0.25, 0.3) is 0 Å². The zero-order valence-corrected chi connectivity index (χ0v) is 14.1. The van der Waals surface area contributed by atoms with Gasteiger partial charge in [0.15, 0.2) is 5.75 Å². The van der Waals surface area contributed by atoms with E-state index in [1.807, 2.05) is 6.20 Å². The lowest BCUT2D eigenvalue weighted by Crippen LogP contribution is -2.35. The largest absolute Gasteiger partial charge is 0.493 e. The summed E-state index contributed by atoms with van der Waals surface area (Å²) in [6.07, 6.45) is 9.12. The summed E-state index contributed by atoms with van der Waals surface area (Å²) in [6, 6.07) is 0.0198. The highest BCUT2D eigenvalue weighted by Crippen LogP contribution is 2.51. The molecule has 120 valence electrons. The SMILES string of the molecule is CCCn1ncc(OC)c1C(N)C1(CC(C)C)CCCC1. The molecule has 1 aromatic heterocycles. The van der Waals surface area contributed by atoms with Gasteiger partial charge in [-0.25, -0.2) is 0 Å². The van der Waals surface area contributed by atoms with Crippen LogP contribution in [0.25, 0.3) is 0 Å². The maximum atomic E-state index is 6.79. The molecular formula is C17H31N3O. The van der Waals surface area contributed by atoms with Crippen LogP contribution in [0.4, 0.5) is 0 Å². The highest BCUT2D eigenvalue weighted by atomic mass is 16.5. The number of ether oxygens (including phenoxy) is 1. The Morgan fingerprint density at radius 1 is 1.38 bits per heavy atom. The van der Waals surface area contributed by atoms with Gasteiger partial charge in [0.2, 0.25) is 0 Å². The van der Waals surface area contributed by atoms with Crippen LogP contribution < -0.4 is 10.5 Å². The van der Waals surface area contributed by atoms with Gasteiger partial charge >= 0.3 is 0 Å². The van der Waals surface area contributed by atoms with Crippen molar-refractivity contribution in [2.24, 2.45) is 17.1 Å². The molecule has 0 saturated heterocycles. The van der Waals surface area contributed by atoms with Crippen LogP contribution in [0.2, 0.25) is 0 Å². The Morgan fingerprint density at radius 2 is 2.05 bits per heavy atom. The van der Waals surface area contributed by atoms with Gasteiger partial charge < -0.3 is 10.5 Å². The second kappa shape index (κ2) is 6.82. The summed E-state index contributed by atoms with van der Waals surface area (Å²) < 4.78 is 7.60. The molecule has 0 aliphatic heterocycles. The predicted molar refractivity (Wildman–Crippen MR) is 86.4 cm³/mol. The molecule has 1 aliphatic carbocycles. The maximum Gasteiger partial charge on any atom is 0.161 e. The zero-order valence-electron chi connectivity index (χ0n) is 14.1. The van der Waals surface area contributed by atoms with Crippen LogP contribution in [0, 0.1) is 11.3 Å². The van der Waals surface area contributed by atoms with E-state index in [4.69, 9.17) is 10.5 Å². The molecule has 0 radical (unpaired) electrons. The summed E-state index contributed by atoms with van der Waals surface area (Å²) in [7, 11) is 1.72. The molecule has 1 unspecified atom stereocenters. The van der Waals surface area contributed by atoms with Crippen molar-refractivity contribution in [2.45, 2.75) is 71.9 Å². The molecule has 1 saturated carbocycles. The lowest BCUT2D eigenvalue weighted by atomic mass is 9.71. The first-order valence-corrected chi connectivity index (χ1v) is 8.39. The third-order valence-corrected chi connectivity index (χ3v) is 4.87. The van der Waals surface area contributed by atoms with Crippen molar-refractivity contribution >= 4 is 0 Å². The summed E-state index contributed by atoms with van der Waals surface area (Å²) in [5.74, 6) is 1.52. The zero-order chi connectivity index (χ0) is 15.5. The maximum absolute atomic E-state index is 6.79. The number of aromatic nitrogens is 2. The van der Waals surface area contributed by atoms with Crippen LogP contribution in [-0.4, -0.2) is 16.9 Å². The molecule has 4 heteroatoms. The van der Waals surface area contributed by atoms with E-state index in [0.29, 0.717) is 5.92 Å². The van der Waals surface area contributed by atoms with Crippen LogP contribution in [0.1, 0.15) is 71.0 Å². The van der Waals surface area contributed by atoms with Crippen LogP contribution in [-0.2, 0) is 6.54 Å². The second-order valence-electron chi connectivity index (χ2n) is 6.97. The van der Waals surface area contributed by atoms with Gasteiger partial charge in [0.1, 0.15) is 0 Å². The molecule has 1 fully saturated rings. The summed E-state index contributed by atoms with van der Waals surface area (Å²) in [4.78, 5) is 0. The molecule has 0 spiro atoms. The van der Waals surface area contributed by atoms with Crippen molar-refractivity contribution in [1.29, 1.82) is 0 Å². The van der Waals surface area contributed by atoms with Gasteiger partial charge in [0.05, 0.1) is 25.0 Å². The molecular weight excluding hydrogens is 262 g/mol. The summed E-state index contributed by atoms with van der Waals surface area (Å²) in [5, 5.41) is 4.49. The van der Waals surface area contributed by atoms with E-state index in [1.165, 1.54) is 32.1 Å². The molecule has 21 heavy (non-hydrogen) atoms. The van der Waals surface area contributed by atoms with Crippen LogP contribution in [0.3, 0.4) is 0 Å². The fraction of sp³-hybridized carbons (Fsp3) is 0.824. The molecule has 1 heterocycles. The standard InChI is InChI=1S/C17H31N3O/c1-5-10-20-15(14(21-4)12-19-20)16(18)17(11-13(2)3)8-6-7-9-17/h12-13,16H,5-11,18H2,1-4H3. The van der Waals surface area contributed by atoms with Crippen molar-refractivity contribution < 1.29 is 4.74 Å². The lowest BCUT2D eigenvalue weighted by molar-refractivity contribution is 0.173. The lowest BCUT2D eigenvalue weighted by Gasteiger charge is -2.37. The van der Waals surface area contributed by atoms with Gasteiger partial charge in [-0.3, -0.25) is 4.68 Å². The Morgan fingerprint density at radius 3 is 2.57 bits per heavy atom. The van der Waals surface area contributed by atoms with Crippen LogP contribution in [0.5, 0.6) is 5.75 Å². The predicted octanol–water partition coefficient (Wildman–Crippen LogP) is 3.91. The Labute approximate surface area is 129 Å². The Hall–Kier alpha value is -1.03. The molecule has 0 aromatic carbocycles. The average molecular weight is 293 g/mol. The molecule has 0 amide bonds. The third kappa shape index (κ3) is 3.25. The van der Waals surface area contributed by atoms with Gasteiger partial charge in [-0.05, 0) is 37.0 Å². The first kappa shape index (κ1) is 16.3. The van der Waals surface area contributed by atoms with E-state index in [0.717, 1.165) is 24.4 Å². The van der Waals surface area contributed by atoms with E-state index in [9.17, 15) is 0 Å². The molecule has 0 bridgehead atoms. The van der Waals surface area contributed by atoms with Crippen LogP contribution in [0.15, 0.2) is 6.20 Å². The van der Waals surface area contributed by atoms with E-state index in [1.54, 1.807) is 7.11 Å². The molecule has 2 N–H and O–H groups in total. The van der Waals surface area contributed by atoms with Crippen LogP contribution >= 0.6 is 0 Å². The minimum absolute atomic E-state index is 0.0198. The molecule has 1 aliphatic rings. The summed E-state index contributed by atoms with van der Waals surface area (Å²) in [5.41, 5.74) is 8.11. The number of rotatable bonds is 7. The first-order chi connectivity index (χ1) is 10.0. The van der Waals surface area contributed by atoms with Gasteiger partial charge in [-0.15, -0.1) is 0 Å². The number of hydrogen-bond donors (Lipinski definition) is 1. The number of aryl methyl sites for hydroxylation is 1. The Balaban J connectivity index is 2.36. The van der Waals surface area contributed by atoms with Gasteiger partial charge in [-0.1, -0.05) is 33.6 Å². The van der Waals surface area contributed by atoms with Crippen molar-refractivity contribution in [3.05, 3.63) is 11.9 Å². The second-order valence-corrected chi connectivity index (χ2v) is 6.97. The van der Waals surface area contributed by atoms with E-state index in [-0.39, 0.29) is 11.5 Å². The summed E-state index contributed by atoms with van der Waals surface area (Å²) in [6.45, 7) is 7.67. The van der Waals surface area contributed by atoms with E-state index < -0.39 is 0 Å². The number of methoxy groups -OCH3 is 1. The molecule has 1 atom stereocenters. The van der Waals surface area contributed by atoms with Gasteiger partial charge in [0, 0.05) is 6.54 Å². The van der Waals surface area contributed by atoms with E-state index >= 15 is 0 Å². The van der Waals surface area contributed by atoms with Crippen molar-refractivity contribution in [2.75, 3.05) is 7.11 Å². The van der Waals surface area contributed by atoms with E-state index in [2.05, 4.69) is 30.6 Å². The monoisotopic (exact) mass is 293 g/mol. The van der Waals surface area contributed by atoms with Crippen molar-refractivity contribution in [1.82, 2.24) is 9.78 Å². The minimum atomic E-state index is 0.0198. The van der Waals surface area contributed by atoms with Crippen molar-refractivity contribution in [3.63, 3.8) is 0 Å². The first-order valence-electron chi connectivity index (χ1n) is 8.39. The normalized spacial score (nSPS) is 19.1. The fourth-order valence-corrected chi connectivity index (χ4v) is 4.06. The fourth-order valence-electron chi connectivity index (χ4n) is 4.06. The highest BCUT2D eigenvalue weighted by Gasteiger charge is 2.42. The van der Waals surface area contributed by atoms with Crippen molar-refractivity contribution in [3.8, 4) is 5.75 Å². The Bertz CT molecular complexity index is 447. The smallest absolute Gasteiger partial charge is 0.161 e. The minimum Gasteiger partial charge on any atom is -0.493 e. The van der Waals surface area contributed by atoms with Gasteiger partial charge in [-0.2, -0.15) is 5.10 Å². The molecule has 2 rings (SSSR count). The molecule has 1 aromatic rings.